The van der Waals surface area contributed by atoms with E-state index >= 15 is 0 Å². The van der Waals surface area contributed by atoms with E-state index in [-0.39, 0.29) is 19.1 Å². The standard InChI is InChI=1S/C24H27ClN2O5/c1-3-10-27(13-22(28)26-20-7-5-4-6-16(20)2)23(29)15-32-24(30)18-11-17-12-19(25)8-9-21(17)31-14-18/h4-9,12,18H,3,10-11,13-15H2,1-2H3,(H,26,28). The van der Waals surface area contributed by atoms with Crippen molar-refractivity contribution >= 4 is 35.1 Å². The highest BCUT2D eigenvalue weighted by molar-refractivity contribution is 6.30. The number of halogens is 1. The summed E-state index contributed by atoms with van der Waals surface area (Å²) in [4.78, 5) is 39.0. The number of para-hydroxylation sites is 1. The summed E-state index contributed by atoms with van der Waals surface area (Å²) in [5.41, 5.74) is 2.46. The minimum atomic E-state index is -0.516. The second-order valence-corrected chi connectivity index (χ2v) is 8.19. The number of nitrogens with one attached hydrogen (secondary N) is 1. The maximum Gasteiger partial charge on any atom is 0.313 e. The zero-order chi connectivity index (χ0) is 23.1. The molecule has 1 heterocycles. The van der Waals surface area contributed by atoms with E-state index in [1.54, 1.807) is 24.3 Å². The van der Waals surface area contributed by atoms with Crippen LogP contribution in [0.3, 0.4) is 0 Å². The number of hydrogen-bond acceptors (Lipinski definition) is 5. The number of aryl methyl sites for hydroxylation is 1. The van der Waals surface area contributed by atoms with Crippen LogP contribution in [0.5, 0.6) is 5.75 Å². The highest BCUT2D eigenvalue weighted by Crippen LogP contribution is 2.30. The molecule has 3 rings (SSSR count). The van der Waals surface area contributed by atoms with E-state index in [1.165, 1.54) is 4.90 Å². The summed E-state index contributed by atoms with van der Waals surface area (Å²) >= 11 is 6.02. The summed E-state index contributed by atoms with van der Waals surface area (Å²) in [6, 6.07) is 12.7. The summed E-state index contributed by atoms with van der Waals surface area (Å²) in [7, 11) is 0. The summed E-state index contributed by atoms with van der Waals surface area (Å²) in [6.07, 6.45) is 1.10. The van der Waals surface area contributed by atoms with Crippen molar-refractivity contribution in [1.82, 2.24) is 4.90 Å². The molecule has 1 N–H and O–H groups in total. The van der Waals surface area contributed by atoms with Gasteiger partial charge in [0.1, 0.15) is 12.4 Å². The van der Waals surface area contributed by atoms with Crippen LogP contribution in [0.1, 0.15) is 24.5 Å². The molecule has 32 heavy (non-hydrogen) atoms. The van der Waals surface area contributed by atoms with Gasteiger partial charge in [-0.1, -0.05) is 36.7 Å². The lowest BCUT2D eigenvalue weighted by Crippen LogP contribution is -2.41. The van der Waals surface area contributed by atoms with Crippen LogP contribution in [0.25, 0.3) is 0 Å². The predicted octanol–water partition coefficient (Wildman–Crippen LogP) is 3.62. The fourth-order valence-electron chi connectivity index (χ4n) is 3.49. The Bertz CT molecular complexity index is 994. The molecule has 0 aromatic heterocycles. The number of esters is 1. The predicted molar refractivity (Wildman–Crippen MR) is 122 cm³/mol. The minimum Gasteiger partial charge on any atom is -0.492 e. The molecule has 2 aromatic rings. The summed E-state index contributed by atoms with van der Waals surface area (Å²) in [5.74, 6) is -1.05. The van der Waals surface area contributed by atoms with Gasteiger partial charge in [-0.25, -0.2) is 0 Å². The van der Waals surface area contributed by atoms with Gasteiger partial charge in [0, 0.05) is 17.3 Å². The Morgan fingerprint density at radius 2 is 2.00 bits per heavy atom. The van der Waals surface area contributed by atoms with Crippen LogP contribution in [0.15, 0.2) is 42.5 Å². The topological polar surface area (TPSA) is 84.9 Å². The highest BCUT2D eigenvalue weighted by Gasteiger charge is 2.28. The molecule has 7 nitrogen and oxygen atoms in total. The molecule has 0 saturated carbocycles. The summed E-state index contributed by atoms with van der Waals surface area (Å²) in [6.45, 7) is 3.83. The molecule has 0 saturated heterocycles. The first-order chi connectivity index (χ1) is 15.4. The van der Waals surface area contributed by atoms with Gasteiger partial charge in [-0.3, -0.25) is 14.4 Å². The van der Waals surface area contributed by atoms with Gasteiger partial charge < -0.3 is 19.7 Å². The smallest absolute Gasteiger partial charge is 0.313 e. The molecule has 0 aliphatic carbocycles. The van der Waals surface area contributed by atoms with Crippen molar-refractivity contribution in [1.29, 1.82) is 0 Å². The minimum absolute atomic E-state index is 0.114. The Labute approximate surface area is 192 Å². The second kappa shape index (κ2) is 11.0. The lowest BCUT2D eigenvalue weighted by atomic mass is 9.97. The SMILES string of the molecule is CCCN(CC(=O)Nc1ccccc1C)C(=O)COC(=O)C1COc2ccc(Cl)cc2C1. The number of carbonyl (C=O) groups excluding carboxylic acids is 3. The van der Waals surface area contributed by atoms with E-state index in [9.17, 15) is 14.4 Å². The van der Waals surface area contributed by atoms with Crippen LogP contribution in [-0.4, -0.2) is 49.0 Å². The quantitative estimate of drug-likeness (QED) is 0.611. The number of fused-ring (bicyclic) bond motifs is 1. The first kappa shape index (κ1) is 23.6. The molecule has 1 aliphatic rings. The molecule has 2 amide bonds. The molecular formula is C24H27ClN2O5. The zero-order valence-electron chi connectivity index (χ0n) is 18.2. The fraction of sp³-hybridized carbons (Fsp3) is 0.375. The van der Waals surface area contributed by atoms with Crippen molar-refractivity contribution in [3.63, 3.8) is 0 Å². The summed E-state index contributed by atoms with van der Waals surface area (Å²) in [5, 5.41) is 3.38. The van der Waals surface area contributed by atoms with Gasteiger partial charge >= 0.3 is 5.97 Å². The first-order valence-corrected chi connectivity index (χ1v) is 11.0. The van der Waals surface area contributed by atoms with Gasteiger partial charge in [-0.15, -0.1) is 0 Å². The molecule has 0 radical (unpaired) electrons. The normalized spacial score (nSPS) is 14.7. The van der Waals surface area contributed by atoms with Crippen LogP contribution in [0, 0.1) is 12.8 Å². The lowest BCUT2D eigenvalue weighted by Gasteiger charge is -2.25. The molecule has 8 heteroatoms. The van der Waals surface area contributed by atoms with E-state index in [0.29, 0.717) is 35.8 Å². The van der Waals surface area contributed by atoms with Crippen LogP contribution in [0.4, 0.5) is 5.69 Å². The van der Waals surface area contributed by atoms with Gasteiger partial charge in [0.2, 0.25) is 5.91 Å². The molecule has 1 unspecified atom stereocenters. The number of hydrogen-bond donors (Lipinski definition) is 1. The third-order valence-corrected chi connectivity index (χ3v) is 5.44. The maximum absolute atomic E-state index is 12.6. The third kappa shape index (κ3) is 6.23. The average molecular weight is 459 g/mol. The third-order valence-electron chi connectivity index (χ3n) is 5.20. The Kier molecular flexibility index (Phi) is 8.11. The van der Waals surface area contributed by atoms with E-state index < -0.39 is 24.4 Å². The molecule has 0 spiro atoms. The van der Waals surface area contributed by atoms with Gasteiger partial charge in [-0.2, -0.15) is 0 Å². The van der Waals surface area contributed by atoms with Gasteiger partial charge in [-0.05, 0) is 55.2 Å². The van der Waals surface area contributed by atoms with E-state index in [0.717, 1.165) is 11.1 Å². The molecular weight excluding hydrogens is 432 g/mol. The largest absolute Gasteiger partial charge is 0.492 e. The molecule has 0 bridgehead atoms. The number of ether oxygens (including phenoxy) is 2. The van der Waals surface area contributed by atoms with Crippen LogP contribution >= 0.6 is 11.6 Å². The van der Waals surface area contributed by atoms with Crippen molar-refractivity contribution in [2.24, 2.45) is 5.92 Å². The second-order valence-electron chi connectivity index (χ2n) is 7.75. The Balaban J connectivity index is 1.52. The van der Waals surface area contributed by atoms with Crippen molar-refractivity contribution in [2.75, 3.05) is 31.6 Å². The number of nitrogens with zero attached hydrogens (tertiary/aromatic N) is 1. The molecule has 2 aromatic carbocycles. The van der Waals surface area contributed by atoms with Gasteiger partial charge in [0.25, 0.3) is 5.91 Å². The first-order valence-electron chi connectivity index (χ1n) is 10.6. The number of amides is 2. The van der Waals surface area contributed by atoms with Crippen LogP contribution in [-0.2, 0) is 25.5 Å². The fourth-order valence-corrected chi connectivity index (χ4v) is 3.69. The summed E-state index contributed by atoms with van der Waals surface area (Å²) < 4.78 is 10.9. The number of benzene rings is 2. The monoisotopic (exact) mass is 458 g/mol. The molecule has 0 fully saturated rings. The van der Waals surface area contributed by atoms with Crippen LogP contribution < -0.4 is 10.1 Å². The molecule has 1 aliphatic heterocycles. The highest BCUT2D eigenvalue weighted by atomic mass is 35.5. The Morgan fingerprint density at radius 1 is 1.22 bits per heavy atom. The number of carbonyl (C=O) groups is 3. The van der Waals surface area contributed by atoms with Crippen LogP contribution in [0.2, 0.25) is 5.02 Å². The molecule has 1 atom stereocenters. The van der Waals surface area contributed by atoms with Crippen molar-refractivity contribution in [3.05, 3.63) is 58.6 Å². The zero-order valence-corrected chi connectivity index (χ0v) is 19.0. The average Bonchev–Trinajstić information content (AvgIpc) is 2.78. The van der Waals surface area contributed by atoms with E-state index in [1.807, 2.05) is 32.0 Å². The van der Waals surface area contributed by atoms with E-state index in [2.05, 4.69) is 5.32 Å². The maximum atomic E-state index is 12.6. The van der Waals surface area contributed by atoms with Gasteiger partial charge in [0.05, 0.1) is 12.5 Å². The van der Waals surface area contributed by atoms with E-state index in [4.69, 9.17) is 21.1 Å². The molecule has 170 valence electrons. The Hall–Kier alpha value is -3.06. The van der Waals surface area contributed by atoms with Crippen molar-refractivity contribution < 1.29 is 23.9 Å². The van der Waals surface area contributed by atoms with Crippen molar-refractivity contribution in [3.8, 4) is 5.75 Å². The Morgan fingerprint density at radius 3 is 2.75 bits per heavy atom. The van der Waals surface area contributed by atoms with Crippen molar-refractivity contribution in [2.45, 2.75) is 26.7 Å². The lowest BCUT2D eigenvalue weighted by molar-refractivity contribution is -0.156. The number of rotatable bonds is 8. The number of anilines is 1. The van der Waals surface area contributed by atoms with Gasteiger partial charge in [0.15, 0.2) is 6.61 Å².